The Labute approximate surface area is 150 Å². The molecule has 1 heterocycles. The zero-order valence-electron chi connectivity index (χ0n) is 15.4. The summed E-state index contributed by atoms with van der Waals surface area (Å²) in [5.74, 6) is 0.828. The summed E-state index contributed by atoms with van der Waals surface area (Å²) in [6.07, 6.45) is 3.26. The highest BCUT2D eigenvalue weighted by Gasteiger charge is 2.33. The van der Waals surface area contributed by atoms with Crippen LogP contribution >= 0.6 is 0 Å². The van der Waals surface area contributed by atoms with Gasteiger partial charge in [-0.1, -0.05) is 18.2 Å². The van der Waals surface area contributed by atoms with Crippen LogP contribution in [0.15, 0.2) is 30.3 Å². The van der Waals surface area contributed by atoms with E-state index in [0.29, 0.717) is 0 Å². The predicted octanol–water partition coefficient (Wildman–Crippen LogP) is 2.53. The number of para-hydroxylation sites is 1. The van der Waals surface area contributed by atoms with Gasteiger partial charge in [-0.05, 0) is 63.8 Å². The first-order chi connectivity index (χ1) is 12.1. The fourth-order valence-corrected chi connectivity index (χ4v) is 3.73. The summed E-state index contributed by atoms with van der Waals surface area (Å²) < 4.78 is 7.94. The highest BCUT2D eigenvalue weighted by Crippen LogP contribution is 2.24. The van der Waals surface area contributed by atoms with Crippen molar-refractivity contribution in [3.8, 4) is 5.75 Å². The molecule has 0 amide bonds. The Kier molecular flexibility index (Phi) is 5.76. The highest BCUT2D eigenvalue weighted by atomic mass is 16.5. The molecule has 1 fully saturated rings. The molecule has 0 aliphatic heterocycles. The Bertz CT molecular complexity index is 684. The van der Waals surface area contributed by atoms with Crippen molar-refractivity contribution >= 4 is 0 Å². The lowest BCUT2D eigenvalue weighted by molar-refractivity contribution is -0.0151. The molecule has 0 saturated heterocycles. The van der Waals surface area contributed by atoms with Crippen LogP contribution in [0, 0.1) is 13.8 Å². The van der Waals surface area contributed by atoms with Crippen molar-refractivity contribution in [3.63, 3.8) is 0 Å². The van der Waals surface area contributed by atoms with Gasteiger partial charge in [0.15, 0.2) is 0 Å². The van der Waals surface area contributed by atoms with Crippen LogP contribution in [0.5, 0.6) is 5.75 Å². The van der Waals surface area contributed by atoms with Crippen LogP contribution in [-0.2, 0) is 13.5 Å². The predicted molar refractivity (Wildman–Crippen MR) is 98.9 cm³/mol. The van der Waals surface area contributed by atoms with E-state index in [1.54, 1.807) is 0 Å². The maximum atomic E-state index is 10.7. The number of aliphatic hydroxyl groups excluding tert-OH is 1. The molecule has 0 bridgehead atoms. The van der Waals surface area contributed by atoms with E-state index < -0.39 is 6.10 Å². The summed E-state index contributed by atoms with van der Waals surface area (Å²) in [4.78, 5) is 0. The van der Waals surface area contributed by atoms with Gasteiger partial charge in [0, 0.05) is 18.8 Å². The Morgan fingerprint density at radius 3 is 2.68 bits per heavy atom. The van der Waals surface area contributed by atoms with E-state index in [-0.39, 0.29) is 12.1 Å². The number of hydrogen-bond acceptors (Lipinski definition) is 4. The molecular weight excluding hydrogens is 314 g/mol. The summed E-state index contributed by atoms with van der Waals surface area (Å²) in [5, 5.41) is 18.7. The molecule has 1 aliphatic carbocycles. The van der Waals surface area contributed by atoms with E-state index in [9.17, 15) is 5.11 Å². The van der Waals surface area contributed by atoms with Gasteiger partial charge < -0.3 is 15.2 Å². The Balaban J connectivity index is 1.53. The topological polar surface area (TPSA) is 59.3 Å². The van der Waals surface area contributed by atoms with Gasteiger partial charge in [0.25, 0.3) is 0 Å². The lowest BCUT2D eigenvalue weighted by Crippen LogP contribution is -2.51. The van der Waals surface area contributed by atoms with Crippen LogP contribution in [0.25, 0.3) is 0 Å². The second-order valence-corrected chi connectivity index (χ2v) is 6.97. The van der Waals surface area contributed by atoms with Crippen LogP contribution in [0.4, 0.5) is 0 Å². The van der Waals surface area contributed by atoms with E-state index in [1.165, 1.54) is 11.3 Å². The third-order valence-corrected chi connectivity index (χ3v) is 5.27. The third kappa shape index (κ3) is 4.22. The van der Waals surface area contributed by atoms with Gasteiger partial charge in [0.05, 0.1) is 5.69 Å². The SMILES string of the molecule is Cc1nn(C)c(C)c1CCN[C@H]1CCC[C@@H](Oc2ccccc2)[C@@H]1O. The fraction of sp³-hybridized carbons (Fsp3) is 0.550. The van der Waals surface area contributed by atoms with E-state index in [2.05, 4.69) is 24.3 Å². The molecule has 1 aliphatic rings. The van der Waals surface area contributed by atoms with Crippen molar-refractivity contribution in [1.29, 1.82) is 0 Å². The number of hydrogen-bond donors (Lipinski definition) is 2. The minimum atomic E-state index is -0.481. The minimum Gasteiger partial charge on any atom is -0.488 e. The Hall–Kier alpha value is -1.85. The van der Waals surface area contributed by atoms with Crippen LogP contribution < -0.4 is 10.1 Å². The number of aliphatic hydroxyl groups is 1. The molecule has 1 aromatic carbocycles. The smallest absolute Gasteiger partial charge is 0.126 e. The largest absolute Gasteiger partial charge is 0.488 e. The van der Waals surface area contributed by atoms with Crippen molar-refractivity contribution in [2.24, 2.45) is 7.05 Å². The third-order valence-electron chi connectivity index (χ3n) is 5.27. The zero-order chi connectivity index (χ0) is 17.8. The van der Waals surface area contributed by atoms with Crippen molar-refractivity contribution in [2.45, 2.75) is 57.8 Å². The molecule has 1 saturated carbocycles. The second-order valence-electron chi connectivity index (χ2n) is 6.97. The summed E-state index contributed by atoms with van der Waals surface area (Å²) in [6.45, 7) is 5.00. The number of aryl methyl sites for hydroxylation is 2. The van der Waals surface area contributed by atoms with Gasteiger partial charge in [0.2, 0.25) is 0 Å². The molecule has 0 spiro atoms. The Morgan fingerprint density at radius 1 is 1.24 bits per heavy atom. The molecule has 1 aromatic heterocycles. The molecule has 2 N–H and O–H groups in total. The number of nitrogens with one attached hydrogen (secondary N) is 1. The molecule has 0 unspecified atom stereocenters. The second kappa shape index (κ2) is 8.02. The first kappa shape index (κ1) is 18.0. The van der Waals surface area contributed by atoms with Crippen LogP contribution in [0.3, 0.4) is 0 Å². The lowest BCUT2D eigenvalue weighted by Gasteiger charge is -2.35. The molecule has 5 heteroatoms. The quantitative estimate of drug-likeness (QED) is 0.846. The van der Waals surface area contributed by atoms with E-state index in [1.807, 2.05) is 42.1 Å². The van der Waals surface area contributed by atoms with Crippen LogP contribution in [0.2, 0.25) is 0 Å². The van der Waals surface area contributed by atoms with E-state index in [0.717, 1.165) is 43.7 Å². The summed E-state index contributed by atoms with van der Waals surface area (Å²) in [7, 11) is 1.98. The number of ether oxygens (including phenoxy) is 1. The average molecular weight is 343 g/mol. The summed E-state index contributed by atoms with van der Waals surface area (Å²) >= 11 is 0. The molecule has 25 heavy (non-hydrogen) atoms. The number of rotatable bonds is 6. The molecular formula is C20H29N3O2. The zero-order valence-corrected chi connectivity index (χ0v) is 15.4. The van der Waals surface area contributed by atoms with E-state index >= 15 is 0 Å². The van der Waals surface area contributed by atoms with Crippen molar-refractivity contribution in [3.05, 3.63) is 47.3 Å². The monoisotopic (exact) mass is 343 g/mol. The first-order valence-corrected chi connectivity index (χ1v) is 9.18. The molecule has 5 nitrogen and oxygen atoms in total. The summed E-state index contributed by atoms with van der Waals surface area (Å²) in [5.41, 5.74) is 3.61. The van der Waals surface area contributed by atoms with Gasteiger partial charge in [-0.3, -0.25) is 4.68 Å². The minimum absolute atomic E-state index is 0.0831. The molecule has 2 aromatic rings. The average Bonchev–Trinajstić information content (AvgIpc) is 2.85. The van der Waals surface area contributed by atoms with Crippen LogP contribution in [-0.4, -0.2) is 39.7 Å². The van der Waals surface area contributed by atoms with Crippen molar-refractivity contribution < 1.29 is 9.84 Å². The van der Waals surface area contributed by atoms with Gasteiger partial charge >= 0.3 is 0 Å². The van der Waals surface area contributed by atoms with Gasteiger partial charge in [-0.2, -0.15) is 5.10 Å². The molecule has 136 valence electrons. The van der Waals surface area contributed by atoms with Gasteiger partial charge in [-0.25, -0.2) is 0 Å². The number of benzene rings is 1. The Morgan fingerprint density at radius 2 is 2.00 bits per heavy atom. The molecule has 3 rings (SSSR count). The lowest BCUT2D eigenvalue weighted by atomic mass is 9.89. The maximum absolute atomic E-state index is 10.7. The van der Waals surface area contributed by atoms with Gasteiger partial charge in [0.1, 0.15) is 18.0 Å². The summed E-state index contributed by atoms with van der Waals surface area (Å²) in [6, 6.07) is 9.85. The first-order valence-electron chi connectivity index (χ1n) is 9.18. The molecule has 0 radical (unpaired) electrons. The highest BCUT2D eigenvalue weighted by molar-refractivity contribution is 5.24. The standard InChI is InChI=1S/C20H29N3O2/c1-14-17(15(2)23(3)22-14)12-13-21-18-10-7-11-19(20(18)24)25-16-8-5-4-6-9-16/h4-6,8-9,18-21,24H,7,10-13H2,1-3H3/t18-,19+,20+/m0/s1. The fourth-order valence-electron chi connectivity index (χ4n) is 3.73. The number of nitrogens with zero attached hydrogens (tertiary/aromatic N) is 2. The van der Waals surface area contributed by atoms with Crippen molar-refractivity contribution in [2.75, 3.05) is 6.54 Å². The normalized spacial score (nSPS) is 23.6. The van der Waals surface area contributed by atoms with E-state index in [4.69, 9.17) is 4.74 Å². The molecule has 3 atom stereocenters. The van der Waals surface area contributed by atoms with Gasteiger partial charge in [-0.15, -0.1) is 0 Å². The van der Waals surface area contributed by atoms with Crippen molar-refractivity contribution in [1.82, 2.24) is 15.1 Å². The van der Waals surface area contributed by atoms with Crippen LogP contribution in [0.1, 0.15) is 36.2 Å². The number of aromatic nitrogens is 2. The maximum Gasteiger partial charge on any atom is 0.126 e.